The Labute approximate surface area is 281 Å². The van der Waals surface area contributed by atoms with E-state index in [1.807, 2.05) is 98.0 Å². The Morgan fingerprint density at radius 3 is 2.54 bits per heavy atom. The van der Waals surface area contributed by atoms with Crippen molar-refractivity contribution in [1.29, 1.82) is 0 Å². The van der Waals surface area contributed by atoms with E-state index in [9.17, 15) is 9.90 Å². The first-order chi connectivity index (χ1) is 22.8. The molecule has 5 heterocycles. The van der Waals surface area contributed by atoms with Crippen molar-refractivity contribution in [1.82, 2.24) is 38.5 Å². The topological polar surface area (TPSA) is 129 Å². The molecule has 5 aromatic heterocycles. The summed E-state index contributed by atoms with van der Waals surface area (Å²) < 4.78 is 13.3. The summed E-state index contributed by atoms with van der Waals surface area (Å²) in [6, 6.07) is 14.1. The summed E-state index contributed by atoms with van der Waals surface area (Å²) >= 11 is 0. The fourth-order valence-corrected chi connectivity index (χ4v) is 6.51. The average molecular weight is 668 g/mol. The molecule has 0 fully saturated rings. The van der Waals surface area contributed by atoms with Gasteiger partial charge in [-0.15, -0.1) is 0 Å². The second-order valence-corrected chi connectivity index (χ2v) is 20.1. The van der Waals surface area contributed by atoms with Crippen LogP contribution in [0.3, 0.4) is 0 Å². The maximum atomic E-state index is 14.0. The molecule has 0 spiro atoms. The third-order valence-corrected chi connectivity index (χ3v) is 10.2. The normalized spacial score (nSPS) is 13.1. The van der Waals surface area contributed by atoms with Crippen molar-refractivity contribution in [2.24, 2.45) is 5.41 Å². The van der Waals surface area contributed by atoms with Crippen molar-refractivity contribution in [3.05, 3.63) is 89.1 Å². The summed E-state index contributed by atoms with van der Waals surface area (Å²) in [5.74, 6) is 1.12. The number of aliphatic hydroxyl groups excluding tert-OH is 1. The Bertz CT molecular complexity index is 2110. The standard InChI is InChI=1S/C35H45N9O3Si/c1-24-13-16-43-30(24)34(46)44(26-11-9-8-10-12-26)32(40-43)25(2)38-31-29-27(28-14-15-42(39-28)20-35(3,4)21-45)19-41(33(29)37-22-36-31)23-47-17-18-48(5,6)7/h8-16,19,22,25,45H,17-18,20-21,23H2,1-7H3,(H,36,37,38). The van der Waals surface area contributed by atoms with Gasteiger partial charge in [0, 0.05) is 57.4 Å². The molecule has 0 amide bonds. The molecule has 0 bridgehead atoms. The molecule has 1 aromatic carbocycles. The number of anilines is 1. The van der Waals surface area contributed by atoms with Crippen molar-refractivity contribution < 1.29 is 9.84 Å². The maximum Gasteiger partial charge on any atom is 0.282 e. The lowest BCUT2D eigenvalue weighted by molar-refractivity contribution is 0.0899. The van der Waals surface area contributed by atoms with Crippen LogP contribution in [0, 0.1) is 12.3 Å². The van der Waals surface area contributed by atoms with Crippen molar-refractivity contribution in [2.45, 2.75) is 72.7 Å². The van der Waals surface area contributed by atoms with Crippen molar-refractivity contribution in [3.63, 3.8) is 0 Å². The largest absolute Gasteiger partial charge is 0.396 e. The van der Waals surface area contributed by atoms with Gasteiger partial charge in [0.15, 0.2) is 5.82 Å². The summed E-state index contributed by atoms with van der Waals surface area (Å²) in [7, 11) is -1.26. The minimum absolute atomic E-state index is 0.0481. The van der Waals surface area contributed by atoms with Crippen LogP contribution in [0.1, 0.15) is 38.2 Å². The highest BCUT2D eigenvalue weighted by atomic mass is 28.3. The van der Waals surface area contributed by atoms with Gasteiger partial charge in [0.1, 0.15) is 30.0 Å². The molecule has 13 heteroatoms. The van der Waals surface area contributed by atoms with E-state index in [2.05, 4.69) is 25.0 Å². The number of aromatic nitrogens is 8. The summed E-state index contributed by atoms with van der Waals surface area (Å²) in [4.78, 5) is 23.4. The molecule has 2 N–H and O–H groups in total. The lowest BCUT2D eigenvalue weighted by Gasteiger charge is -2.21. The van der Waals surface area contributed by atoms with Crippen LogP contribution in [0.5, 0.6) is 0 Å². The van der Waals surface area contributed by atoms with E-state index in [-0.39, 0.29) is 17.6 Å². The summed E-state index contributed by atoms with van der Waals surface area (Å²) in [6.45, 7) is 16.5. The number of nitrogens with zero attached hydrogens (tertiary/aromatic N) is 8. The molecule has 1 atom stereocenters. The fraction of sp³-hybridized carbons (Fsp3) is 0.400. The van der Waals surface area contributed by atoms with E-state index in [1.54, 1.807) is 9.08 Å². The van der Waals surface area contributed by atoms with Crippen LogP contribution in [0.25, 0.3) is 33.5 Å². The molecule has 0 saturated carbocycles. The SMILES string of the molecule is Cc1ccn2nc(C(C)Nc3ncnc4c3c(-c3ccn(CC(C)(C)CO)n3)cn4COCC[Si](C)(C)C)n(-c3ccccc3)c(=O)c12. The second-order valence-electron chi connectivity index (χ2n) is 14.5. The van der Waals surface area contributed by atoms with Crippen LogP contribution < -0.4 is 10.9 Å². The monoisotopic (exact) mass is 667 g/mol. The number of rotatable bonds is 13. The molecule has 252 valence electrons. The van der Waals surface area contributed by atoms with Gasteiger partial charge >= 0.3 is 0 Å². The molecule has 48 heavy (non-hydrogen) atoms. The first kappa shape index (κ1) is 33.3. The second kappa shape index (κ2) is 13.1. The number of hydrogen-bond donors (Lipinski definition) is 2. The van der Waals surface area contributed by atoms with Gasteiger partial charge < -0.3 is 19.7 Å². The molecule has 0 radical (unpaired) electrons. The Kier molecular flexibility index (Phi) is 9.11. The van der Waals surface area contributed by atoms with E-state index in [0.29, 0.717) is 42.7 Å². The Hall–Kier alpha value is -4.59. The minimum Gasteiger partial charge on any atom is -0.396 e. The van der Waals surface area contributed by atoms with Crippen LogP contribution in [-0.2, 0) is 18.0 Å². The van der Waals surface area contributed by atoms with Crippen molar-refractivity contribution in [2.75, 3.05) is 18.5 Å². The number of para-hydroxylation sites is 1. The Morgan fingerprint density at radius 1 is 1.04 bits per heavy atom. The molecule has 12 nitrogen and oxygen atoms in total. The number of ether oxygens (including phenoxy) is 1. The van der Waals surface area contributed by atoms with E-state index < -0.39 is 14.1 Å². The zero-order chi connectivity index (χ0) is 34.2. The van der Waals surface area contributed by atoms with E-state index >= 15 is 0 Å². The quantitative estimate of drug-likeness (QED) is 0.115. The lowest BCUT2D eigenvalue weighted by Crippen LogP contribution is -2.29. The summed E-state index contributed by atoms with van der Waals surface area (Å²) in [5.41, 5.74) is 3.96. The molecular weight excluding hydrogens is 623 g/mol. The number of hydrogen-bond acceptors (Lipinski definition) is 8. The predicted octanol–water partition coefficient (Wildman–Crippen LogP) is 5.91. The van der Waals surface area contributed by atoms with E-state index in [1.165, 1.54) is 6.33 Å². The molecule has 6 aromatic rings. The molecule has 0 aliphatic heterocycles. The van der Waals surface area contributed by atoms with Crippen LogP contribution in [0.2, 0.25) is 25.7 Å². The first-order valence-electron chi connectivity index (χ1n) is 16.3. The lowest BCUT2D eigenvalue weighted by atomic mass is 9.95. The number of aliphatic hydroxyl groups is 1. The number of fused-ring (bicyclic) bond motifs is 2. The maximum absolute atomic E-state index is 14.0. The zero-order valence-electron chi connectivity index (χ0n) is 28.8. The van der Waals surface area contributed by atoms with Crippen molar-refractivity contribution >= 4 is 30.4 Å². The number of aryl methyl sites for hydroxylation is 1. The molecule has 1 unspecified atom stereocenters. The first-order valence-corrected chi connectivity index (χ1v) is 20.0. The van der Waals surface area contributed by atoms with E-state index in [4.69, 9.17) is 24.9 Å². The smallest absolute Gasteiger partial charge is 0.282 e. The summed E-state index contributed by atoms with van der Waals surface area (Å²) in [5, 5.41) is 24.0. The van der Waals surface area contributed by atoms with Gasteiger partial charge in [-0.3, -0.25) is 14.0 Å². The fourth-order valence-electron chi connectivity index (χ4n) is 5.76. The number of benzene rings is 1. The van der Waals surface area contributed by atoms with E-state index in [0.717, 1.165) is 33.9 Å². The summed E-state index contributed by atoms with van der Waals surface area (Å²) in [6.07, 6.45) is 7.30. The predicted molar refractivity (Wildman–Crippen MR) is 191 cm³/mol. The molecular formula is C35H45N9O3Si. The van der Waals surface area contributed by atoms with Crippen LogP contribution in [0.15, 0.2) is 72.2 Å². The third kappa shape index (κ3) is 6.84. The highest BCUT2D eigenvalue weighted by Crippen LogP contribution is 2.35. The Morgan fingerprint density at radius 2 is 1.81 bits per heavy atom. The van der Waals surface area contributed by atoms with Gasteiger partial charge in [0.2, 0.25) is 0 Å². The van der Waals surface area contributed by atoms with Crippen molar-refractivity contribution in [3.8, 4) is 16.9 Å². The van der Waals surface area contributed by atoms with Crippen LogP contribution in [0.4, 0.5) is 5.82 Å². The van der Waals surface area contributed by atoms with Gasteiger partial charge in [-0.2, -0.15) is 10.2 Å². The molecule has 6 rings (SSSR count). The van der Waals surface area contributed by atoms with Gasteiger partial charge in [0.05, 0.1) is 22.8 Å². The van der Waals surface area contributed by atoms with Gasteiger partial charge in [-0.05, 0) is 49.7 Å². The molecule has 0 aliphatic carbocycles. The van der Waals surface area contributed by atoms with Crippen LogP contribution in [-0.4, -0.2) is 64.9 Å². The highest BCUT2D eigenvalue weighted by Gasteiger charge is 2.24. The zero-order valence-corrected chi connectivity index (χ0v) is 29.8. The average Bonchev–Trinajstić information content (AvgIpc) is 3.76. The molecule has 0 aliphatic rings. The number of nitrogens with one attached hydrogen (secondary N) is 1. The Balaban J connectivity index is 1.43. The van der Waals surface area contributed by atoms with Gasteiger partial charge in [0.25, 0.3) is 5.56 Å². The highest BCUT2D eigenvalue weighted by molar-refractivity contribution is 6.76. The van der Waals surface area contributed by atoms with Gasteiger partial charge in [-0.25, -0.2) is 14.5 Å². The van der Waals surface area contributed by atoms with Gasteiger partial charge in [-0.1, -0.05) is 51.7 Å². The third-order valence-electron chi connectivity index (χ3n) is 8.48. The van der Waals surface area contributed by atoms with Crippen LogP contribution >= 0.6 is 0 Å². The minimum atomic E-state index is -1.26. The molecule has 0 saturated heterocycles.